The summed E-state index contributed by atoms with van der Waals surface area (Å²) in [5.41, 5.74) is -0.198. The third kappa shape index (κ3) is 5.52. The molecule has 0 aromatic heterocycles. The summed E-state index contributed by atoms with van der Waals surface area (Å²) >= 11 is 5.83. The van der Waals surface area contributed by atoms with E-state index in [1.807, 2.05) is 0 Å². The molecule has 0 saturated carbocycles. The van der Waals surface area contributed by atoms with Crippen LogP contribution in [0.25, 0.3) is 6.08 Å². The Bertz CT molecular complexity index is 927. The van der Waals surface area contributed by atoms with Crippen LogP contribution in [0.1, 0.15) is 5.56 Å². The van der Waals surface area contributed by atoms with E-state index in [-0.39, 0.29) is 27.7 Å². The Morgan fingerprint density at radius 3 is 2.71 bits per heavy atom. The van der Waals surface area contributed by atoms with Crippen molar-refractivity contribution in [1.29, 1.82) is 0 Å². The van der Waals surface area contributed by atoms with Crippen LogP contribution in [0.3, 0.4) is 0 Å². The monoisotopic (exact) mass is 408 g/mol. The first-order valence-electron chi connectivity index (χ1n) is 7.73. The van der Waals surface area contributed by atoms with Crippen molar-refractivity contribution in [2.75, 3.05) is 19.0 Å². The van der Waals surface area contributed by atoms with Gasteiger partial charge >= 0.3 is 5.97 Å². The Balaban J connectivity index is 1.97. The molecular weight excluding hydrogens is 395 g/mol. The Morgan fingerprint density at radius 2 is 2.07 bits per heavy atom. The first-order valence-corrected chi connectivity index (χ1v) is 8.10. The van der Waals surface area contributed by atoms with Crippen LogP contribution in [0.5, 0.6) is 5.75 Å². The maximum atomic E-state index is 13.6. The molecule has 146 valence electrons. The molecule has 0 spiro atoms. The van der Waals surface area contributed by atoms with Crippen LogP contribution in [-0.2, 0) is 14.3 Å². The maximum Gasteiger partial charge on any atom is 0.331 e. The third-order valence-electron chi connectivity index (χ3n) is 3.40. The van der Waals surface area contributed by atoms with E-state index in [1.54, 1.807) is 0 Å². The summed E-state index contributed by atoms with van der Waals surface area (Å²) in [6, 6.07) is 7.69. The number of carbonyl (C=O) groups is 2. The van der Waals surface area contributed by atoms with Crippen molar-refractivity contribution < 1.29 is 28.4 Å². The van der Waals surface area contributed by atoms with Gasteiger partial charge in [0, 0.05) is 23.8 Å². The molecular formula is C18H14ClFN2O6. The fraction of sp³-hybridized carbons (Fsp3) is 0.111. The lowest BCUT2D eigenvalue weighted by Crippen LogP contribution is -2.20. The van der Waals surface area contributed by atoms with Gasteiger partial charge in [-0.2, -0.15) is 0 Å². The third-order valence-corrected chi connectivity index (χ3v) is 3.73. The number of amides is 1. The summed E-state index contributed by atoms with van der Waals surface area (Å²) < 4.78 is 23.4. The first-order chi connectivity index (χ1) is 13.3. The van der Waals surface area contributed by atoms with Crippen LogP contribution < -0.4 is 10.1 Å². The zero-order valence-corrected chi connectivity index (χ0v) is 15.2. The Morgan fingerprint density at radius 1 is 1.32 bits per heavy atom. The van der Waals surface area contributed by atoms with Crippen molar-refractivity contribution in [3.8, 4) is 5.75 Å². The predicted molar refractivity (Wildman–Crippen MR) is 99.7 cm³/mol. The van der Waals surface area contributed by atoms with E-state index >= 15 is 0 Å². The highest BCUT2D eigenvalue weighted by molar-refractivity contribution is 6.32. The molecule has 2 aromatic rings. The van der Waals surface area contributed by atoms with Crippen molar-refractivity contribution in [3.63, 3.8) is 0 Å². The molecule has 1 N–H and O–H groups in total. The number of halogens is 2. The summed E-state index contributed by atoms with van der Waals surface area (Å²) in [4.78, 5) is 33.8. The number of hydrogen-bond donors (Lipinski definition) is 1. The van der Waals surface area contributed by atoms with Crippen LogP contribution in [0, 0.1) is 15.9 Å². The lowest BCUT2D eigenvalue weighted by Gasteiger charge is -2.10. The topological polar surface area (TPSA) is 108 Å². The second kappa shape index (κ2) is 9.47. The normalized spacial score (nSPS) is 10.5. The van der Waals surface area contributed by atoms with Gasteiger partial charge in [0.05, 0.1) is 22.7 Å². The number of carbonyl (C=O) groups excluding carboxylic acids is 2. The van der Waals surface area contributed by atoms with E-state index in [1.165, 1.54) is 37.4 Å². The lowest BCUT2D eigenvalue weighted by molar-refractivity contribution is -0.384. The van der Waals surface area contributed by atoms with E-state index in [2.05, 4.69) is 5.32 Å². The number of anilines is 1. The molecule has 8 nitrogen and oxygen atoms in total. The lowest BCUT2D eigenvalue weighted by atomic mass is 10.2. The highest BCUT2D eigenvalue weighted by Gasteiger charge is 2.14. The number of esters is 1. The minimum Gasteiger partial charge on any atom is -0.495 e. The second-order valence-electron chi connectivity index (χ2n) is 5.27. The summed E-state index contributed by atoms with van der Waals surface area (Å²) in [6.07, 6.45) is 2.05. The Hall–Kier alpha value is -3.46. The number of rotatable bonds is 7. The van der Waals surface area contributed by atoms with E-state index in [9.17, 15) is 24.1 Å². The number of nitro benzene ring substituents is 1. The van der Waals surface area contributed by atoms with Gasteiger partial charge in [-0.15, -0.1) is 0 Å². The Kier molecular flexibility index (Phi) is 7.05. The van der Waals surface area contributed by atoms with Gasteiger partial charge in [-0.3, -0.25) is 14.9 Å². The van der Waals surface area contributed by atoms with Gasteiger partial charge < -0.3 is 14.8 Å². The van der Waals surface area contributed by atoms with E-state index in [4.69, 9.17) is 21.1 Å². The zero-order valence-electron chi connectivity index (χ0n) is 14.5. The molecule has 0 aliphatic heterocycles. The molecule has 0 radical (unpaired) electrons. The molecule has 2 rings (SSSR count). The SMILES string of the molecule is COc1ccc([N+](=O)[O-])cc1NC(=O)COC(=O)/C=C/c1c(F)cccc1Cl. The summed E-state index contributed by atoms with van der Waals surface area (Å²) in [5, 5.41) is 13.3. The quantitative estimate of drug-likeness (QED) is 0.324. The number of nitrogens with one attached hydrogen (secondary N) is 1. The van der Waals surface area contributed by atoms with Gasteiger partial charge in [-0.25, -0.2) is 9.18 Å². The Labute approximate surface area is 163 Å². The molecule has 0 aliphatic carbocycles. The number of ether oxygens (including phenoxy) is 2. The van der Waals surface area contributed by atoms with Gasteiger partial charge in [0.1, 0.15) is 11.6 Å². The highest BCUT2D eigenvalue weighted by atomic mass is 35.5. The standard InChI is InChI=1S/C18H14ClFN2O6/c1-27-16-7-5-11(22(25)26)9-15(16)21-17(23)10-28-18(24)8-6-12-13(19)3-2-4-14(12)20/h2-9H,10H2,1H3,(H,21,23)/b8-6+. The van der Waals surface area contributed by atoms with Crippen molar-refractivity contribution >= 4 is 40.9 Å². The molecule has 10 heteroatoms. The van der Waals surface area contributed by atoms with Crippen molar-refractivity contribution in [3.05, 3.63) is 69.0 Å². The highest BCUT2D eigenvalue weighted by Crippen LogP contribution is 2.28. The molecule has 0 aliphatic rings. The number of benzene rings is 2. The van der Waals surface area contributed by atoms with Crippen LogP contribution in [-0.4, -0.2) is 30.5 Å². The molecule has 0 unspecified atom stereocenters. The molecule has 2 aromatic carbocycles. The molecule has 28 heavy (non-hydrogen) atoms. The van der Waals surface area contributed by atoms with E-state index in [0.717, 1.165) is 18.2 Å². The molecule has 0 heterocycles. The van der Waals surface area contributed by atoms with Crippen molar-refractivity contribution in [1.82, 2.24) is 0 Å². The minimum absolute atomic E-state index is 0.00639. The van der Waals surface area contributed by atoms with Crippen LogP contribution in [0.4, 0.5) is 15.8 Å². The second-order valence-corrected chi connectivity index (χ2v) is 5.67. The average Bonchev–Trinajstić information content (AvgIpc) is 2.65. The average molecular weight is 409 g/mol. The summed E-state index contributed by atoms with van der Waals surface area (Å²) in [7, 11) is 1.33. The summed E-state index contributed by atoms with van der Waals surface area (Å²) in [6.45, 7) is -0.667. The minimum atomic E-state index is -0.902. The van der Waals surface area contributed by atoms with Crippen LogP contribution in [0.2, 0.25) is 5.02 Å². The summed E-state index contributed by atoms with van der Waals surface area (Å²) in [5.74, 6) is -2.07. The van der Waals surface area contributed by atoms with E-state index < -0.39 is 29.2 Å². The van der Waals surface area contributed by atoms with Gasteiger partial charge in [0.25, 0.3) is 11.6 Å². The molecule has 0 fully saturated rings. The largest absolute Gasteiger partial charge is 0.495 e. The van der Waals surface area contributed by atoms with E-state index in [0.29, 0.717) is 0 Å². The molecule has 0 atom stereocenters. The van der Waals surface area contributed by atoms with Crippen LogP contribution >= 0.6 is 11.6 Å². The predicted octanol–water partition coefficient (Wildman–Crippen LogP) is 3.59. The van der Waals surface area contributed by atoms with Crippen molar-refractivity contribution in [2.45, 2.75) is 0 Å². The number of nitro groups is 1. The van der Waals surface area contributed by atoms with Gasteiger partial charge in [-0.05, 0) is 24.3 Å². The first kappa shape index (κ1) is 20.8. The fourth-order valence-corrected chi connectivity index (χ4v) is 2.33. The molecule has 1 amide bonds. The fourth-order valence-electron chi connectivity index (χ4n) is 2.10. The van der Waals surface area contributed by atoms with Gasteiger partial charge in [-0.1, -0.05) is 17.7 Å². The molecule has 0 saturated heterocycles. The van der Waals surface area contributed by atoms with Crippen LogP contribution in [0.15, 0.2) is 42.5 Å². The number of hydrogen-bond acceptors (Lipinski definition) is 6. The zero-order chi connectivity index (χ0) is 20.7. The maximum absolute atomic E-state index is 13.6. The van der Waals surface area contributed by atoms with Gasteiger partial charge in [0.2, 0.25) is 0 Å². The smallest absolute Gasteiger partial charge is 0.331 e. The number of nitrogens with zero attached hydrogens (tertiary/aromatic N) is 1. The van der Waals surface area contributed by atoms with Crippen molar-refractivity contribution in [2.24, 2.45) is 0 Å². The number of non-ortho nitro benzene ring substituents is 1. The van der Waals surface area contributed by atoms with Gasteiger partial charge in [0.15, 0.2) is 6.61 Å². The molecule has 0 bridgehead atoms. The number of methoxy groups -OCH3 is 1.